The zero-order chi connectivity index (χ0) is 9.54. The van der Waals surface area contributed by atoms with Crippen LogP contribution in [0.25, 0.3) is 0 Å². The molecule has 1 aliphatic carbocycles. The minimum atomic E-state index is 0.554. The van der Waals surface area contributed by atoms with E-state index in [4.69, 9.17) is 5.73 Å². The molecule has 0 amide bonds. The van der Waals surface area contributed by atoms with Gasteiger partial charge in [0.15, 0.2) is 0 Å². The normalized spacial score (nSPS) is 43.1. The Kier molecular flexibility index (Phi) is 2.26. The molecule has 80 valence electrons. The minimum Gasteiger partial charge on any atom is -0.327 e. The Morgan fingerprint density at radius 3 is 2.14 bits per heavy atom. The highest BCUT2D eigenvalue weighted by Gasteiger charge is 2.53. The van der Waals surface area contributed by atoms with Crippen molar-refractivity contribution in [1.82, 2.24) is 9.80 Å². The number of rotatable bonds is 3. The van der Waals surface area contributed by atoms with Crippen LogP contribution in [0.4, 0.5) is 0 Å². The van der Waals surface area contributed by atoms with E-state index in [-0.39, 0.29) is 0 Å². The molecular weight excluding hydrogens is 174 g/mol. The second-order valence-electron chi connectivity index (χ2n) is 5.21. The third-order valence-electron chi connectivity index (χ3n) is 4.27. The largest absolute Gasteiger partial charge is 0.327 e. The van der Waals surface area contributed by atoms with Gasteiger partial charge in [0.1, 0.15) is 0 Å². The molecule has 1 saturated carbocycles. The maximum absolute atomic E-state index is 5.92. The average Bonchev–Trinajstić information content (AvgIpc) is 2.74. The molecule has 2 aliphatic heterocycles. The van der Waals surface area contributed by atoms with Crippen molar-refractivity contribution in [1.29, 1.82) is 0 Å². The summed E-state index contributed by atoms with van der Waals surface area (Å²) >= 11 is 0. The lowest BCUT2D eigenvalue weighted by Crippen LogP contribution is -2.35. The first-order valence-corrected chi connectivity index (χ1v) is 6.05. The molecule has 0 spiro atoms. The number of nitrogens with zero attached hydrogens (tertiary/aromatic N) is 2. The highest BCUT2D eigenvalue weighted by atomic mass is 15.2. The van der Waals surface area contributed by atoms with Crippen LogP contribution < -0.4 is 5.73 Å². The van der Waals surface area contributed by atoms with E-state index in [1.54, 1.807) is 0 Å². The molecule has 2 saturated heterocycles. The van der Waals surface area contributed by atoms with Gasteiger partial charge in [-0.05, 0) is 37.8 Å². The molecule has 0 radical (unpaired) electrons. The van der Waals surface area contributed by atoms with E-state index in [0.717, 1.165) is 11.8 Å². The van der Waals surface area contributed by atoms with E-state index in [1.165, 1.54) is 52.1 Å². The standard InChI is InChI=1S/C11H21N3/c12-11-9-7-14(8-10(9)11)6-5-13-3-1-2-4-13/h9-11H,1-8,12H2. The summed E-state index contributed by atoms with van der Waals surface area (Å²) < 4.78 is 0. The Hall–Kier alpha value is -0.120. The van der Waals surface area contributed by atoms with Crippen molar-refractivity contribution in [3.05, 3.63) is 0 Å². The molecule has 0 aromatic heterocycles. The summed E-state index contributed by atoms with van der Waals surface area (Å²) in [5.41, 5.74) is 5.92. The molecule has 2 atom stereocenters. The Labute approximate surface area is 86.2 Å². The summed E-state index contributed by atoms with van der Waals surface area (Å²) in [5.74, 6) is 1.71. The molecular formula is C11H21N3. The van der Waals surface area contributed by atoms with Gasteiger partial charge in [-0.1, -0.05) is 0 Å². The van der Waals surface area contributed by atoms with Crippen LogP contribution in [0.5, 0.6) is 0 Å². The summed E-state index contributed by atoms with van der Waals surface area (Å²) in [7, 11) is 0. The quantitative estimate of drug-likeness (QED) is 0.686. The topological polar surface area (TPSA) is 32.5 Å². The first kappa shape index (κ1) is 9.13. The maximum Gasteiger partial charge on any atom is 0.0127 e. The molecule has 2 unspecified atom stereocenters. The highest BCUT2D eigenvalue weighted by Crippen LogP contribution is 2.43. The van der Waals surface area contributed by atoms with Crippen LogP contribution in [0, 0.1) is 11.8 Å². The second kappa shape index (κ2) is 3.47. The number of fused-ring (bicyclic) bond motifs is 1. The molecule has 14 heavy (non-hydrogen) atoms. The zero-order valence-electron chi connectivity index (χ0n) is 8.86. The van der Waals surface area contributed by atoms with Crippen LogP contribution in [-0.4, -0.2) is 55.1 Å². The highest BCUT2D eigenvalue weighted by molar-refractivity contribution is 5.08. The van der Waals surface area contributed by atoms with Gasteiger partial charge in [-0.3, -0.25) is 0 Å². The third kappa shape index (κ3) is 1.58. The van der Waals surface area contributed by atoms with Gasteiger partial charge in [-0.15, -0.1) is 0 Å². The van der Waals surface area contributed by atoms with Crippen molar-refractivity contribution in [3.63, 3.8) is 0 Å². The van der Waals surface area contributed by atoms with Gasteiger partial charge < -0.3 is 15.5 Å². The summed E-state index contributed by atoms with van der Waals surface area (Å²) in [6, 6.07) is 0.554. The van der Waals surface area contributed by atoms with E-state index in [1.807, 2.05) is 0 Å². The zero-order valence-corrected chi connectivity index (χ0v) is 8.86. The Morgan fingerprint density at radius 1 is 0.929 bits per heavy atom. The minimum absolute atomic E-state index is 0.554. The SMILES string of the molecule is NC1C2CN(CCN3CCCC3)CC12. The van der Waals surface area contributed by atoms with Gasteiger partial charge in [0, 0.05) is 32.2 Å². The van der Waals surface area contributed by atoms with Crippen LogP contribution >= 0.6 is 0 Å². The van der Waals surface area contributed by atoms with Crippen molar-refractivity contribution < 1.29 is 0 Å². The first-order chi connectivity index (χ1) is 6.84. The monoisotopic (exact) mass is 195 g/mol. The molecule has 0 aromatic rings. The second-order valence-corrected chi connectivity index (χ2v) is 5.21. The summed E-state index contributed by atoms with van der Waals surface area (Å²) in [6.07, 6.45) is 2.83. The van der Waals surface area contributed by atoms with Crippen LogP contribution in [0.3, 0.4) is 0 Å². The van der Waals surface area contributed by atoms with E-state index in [2.05, 4.69) is 9.80 Å². The lowest BCUT2D eigenvalue weighted by atomic mass is 10.4. The number of likely N-dealkylation sites (tertiary alicyclic amines) is 2. The summed E-state index contributed by atoms with van der Waals surface area (Å²) in [4.78, 5) is 5.21. The van der Waals surface area contributed by atoms with Crippen LogP contribution in [0.1, 0.15) is 12.8 Å². The molecule has 3 rings (SSSR count). The fourth-order valence-electron chi connectivity index (χ4n) is 3.13. The molecule has 0 aromatic carbocycles. The predicted molar refractivity (Wildman–Crippen MR) is 57.1 cm³/mol. The van der Waals surface area contributed by atoms with Gasteiger partial charge in [0.2, 0.25) is 0 Å². The fraction of sp³-hybridized carbons (Fsp3) is 1.00. The first-order valence-electron chi connectivity index (χ1n) is 6.05. The molecule has 2 heterocycles. The summed E-state index contributed by atoms with van der Waals surface area (Å²) in [6.45, 7) is 7.79. The number of piperidine rings is 1. The Balaban J connectivity index is 1.38. The van der Waals surface area contributed by atoms with Gasteiger partial charge in [0.25, 0.3) is 0 Å². The molecule has 3 aliphatic rings. The fourth-order valence-corrected chi connectivity index (χ4v) is 3.13. The average molecular weight is 195 g/mol. The van der Waals surface area contributed by atoms with Gasteiger partial charge in [0.05, 0.1) is 0 Å². The van der Waals surface area contributed by atoms with E-state index >= 15 is 0 Å². The number of hydrogen-bond donors (Lipinski definition) is 1. The Morgan fingerprint density at radius 2 is 1.50 bits per heavy atom. The van der Waals surface area contributed by atoms with Crippen molar-refractivity contribution in [2.45, 2.75) is 18.9 Å². The predicted octanol–water partition coefficient (Wildman–Crippen LogP) is -0.0289. The van der Waals surface area contributed by atoms with Gasteiger partial charge in [-0.25, -0.2) is 0 Å². The Bertz CT molecular complexity index is 201. The van der Waals surface area contributed by atoms with Crippen LogP contribution in [-0.2, 0) is 0 Å². The van der Waals surface area contributed by atoms with Gasteiger partial charge >= 0.3 is 0 Å². The van der Waals surface area contributed by atoms with Crippen LogP contribution in [0.15, 0.2) is 0 Å². The smallest absolute Gasteiger partial charge is 0.0127 e. The molecule has 3 fully saturated rings. The van der Waals surface area contributed by atoms with Crippen LogP contribution in [0.2, 0.25) is 0 Å². The van der Waals surface area contributed by atoms with E-state index in [9.17, 15) is 0 Å². The van der Waals surface area contributed by atoms with E-state index in [0.29, 0.717) is 6.04 Å². The third-order valence-corrected chi connectivity index (χ3v) is 4.27. The van der Waals surface area contributed by atoms with E-state index < -0.39 is 0 Å². The van der Waals surface area contributed by atoms with Crippen molar-refractivity contribution in [2.24, 2.45) is 17.6 Å². The van der Waals surface area contributed by atoms with Crippen molar-refractivity contribution in [2.75, 3.05) is 39.3 Å². The van der Waals surface area contributed by atoms with Crippen molar-refractivity contribution >= 4 is 0 Å². The molecule has 3 heteroatoms. The van der Waals surface area contributed by atoms with Gasteiger partial charge in [-0.2, -0.15) is 0 Å². The number of hydrogen-bond acceptors (Lipinski definition) is 3. The summed E-state index contributed by atoms with van der Waals surface area (Å²) in [5, 5.41) is 0. The van der Waals surface area contributed by atoms with Crippen molar-refractivity contribution in [3.8, 4) is 0 Å². The number of nitrogens with two attached hydrogens (primary N) is 1. The lowest BCUT2D eigenvalue weighted by molar-refractivity contribution is 0.239. The molecule has 2 N–H and O–H groups in total. The maximum atomic E-state index is 5.92. The lowest BCUT2D eigenvalue weighted by Gasteiger charge is -2.22. The molecule has 0 bridgehead atoms. The molecule has 3 nitrogen and oxygen atoms in total.